The van der Waals surface area contributed by atoms with Crippen molar-refractivity contribution in [3.63, 3.8) is 0 Å². The van der Waals surface area contributed by atoms with Gasteiger partial charge in [0.2, 0.25) is 5.91 Å². The normalized spacial score (nSPS) is 10.6. The third kappa shape index (κ3) is 4.76. The second kappa shape index (κ2) is 7.33. The van der Waals surface area contributed by atoms with E-state index in [2.05, 4.69) is 15.9 Å². The SMILES string of the molecule is Cc1ccc(C(=O)CCC(=O)N(C)Cc2ccc(Br)s2)s1. The van der Waals surface area contributed by atoms with Crippen LogP contribution in [-0.2, 0) is 11.3 Å². The highest BCUT2D eigenvalue weighted by Gasteiger charge is 2.14. The first-order chi connectivity index (χ1) is 9.95. The molecule has 1 amide bonds. The molecule has 2 aromatic heterocycles. The van der Waals surface area contributed by atoms with E-state index in [4.69, 9.17) is 0 Å². The highest BCUT2D eigenvalue weighted by Crippen LogP contribution is 2.23. The molecule has 0 aliphatic heterocycles. The predicted octanol–water partition coefficient (Wildman–Crippen LogP) is 4.50. The van der Waals surface area contributed by atoms with Gasteiger partial charge < -0.3 is 4.90 Å². The van der Waals surface area contributed by atoms with E-state index >= 15 is 0 Å². The number of Topliss-reactive ketones (excluding diaryl/α,β-unsaturated/α-hetero) is 1. The standard InChI is InChI=1S/C15H16BrNO2S2/c1-10-3-6-13(20-10)12(18)5-8-15(19)17(2)9-11-4-7-14(16)21-11/h3-4,6-7H,5,8-9H2,1-2H3. The number of halogens is 1. The Balaban J connectivity index is 1.82. The van der Waals surface area contributed by atoms with Gasteiger partial charge in [0.05, 0.1) is 15.2 Å². The van der Waals surface area contributed by atoms with Crippen molar-refractivity contribution in [1.29, 1.82) is 0 Å². The molecule has 0 atom stereocenters. The topological polar surface area (TPSA) is 37.4 Å². The van der Waals surface area contributed by atoms with Crippen molar-refractivity contribution in [2.75, 3.05) is 7.05 Å². The van der Waals surface area contributed by atoms with Crippen molar-refractivity contribution in [2.45, 2.75) is 26.3 Å². The molecule has 2 aromatic rings. The smallest absolute Gasteiger partial charge is 0.223 e. The fourth-order valence-corrected chi connectivity index (χ4v) is 4.25. The second-order valence-corrected chi connectivity index (χ2v) is 8.62. The van der Waals surface area contributed by atoms with Gasteiger partial charge in [-0.05, 0) is 47.1 Å². The van der Waals surface area contributed by atoms with Crippen molar-refractivity contribution in [3.05, 3.63) is 42.7 Å². The maximum atomic E-state index is 12.1. The third-order valence-corrected chi connectivity index (χ3v) is 5.68. The van der Waals surface area contributed by atoms with Crippen molar-refractivity contribution in [3.8, 4) is 0 Å². The zero-order valence-electron chi connectivity index (χ0n) is 11.9. The lowest BCUT2D eigenvalue weighted by Gasteiger charge is -2.15. The lowest BCUT2D eigenvalue weighted by atomic mass is 10.2. The van der Waals surface area contributed by atoms with Crippen LogP contribution in [0.3, 0.4) is 0 Å². The monoisotopic (exact) mass is 385 g/mol. The van der Waals surface area contributed by atoms with Gasteiger partial charge in [0.25, 0.3) is 0 Å². The Labute approximate surface area is 140 Å². The van der Waals surface area contributed by atoms with Crippen LogP contribution in [-0.4, -0.2) is 23.6 Å². The highest BCUT2D eigenvalue weighted by molar-refractivity contribution is 9.11. The zero-order valence-corrected chi connectivity index (χ0v) is 15.1. The molecule has 0 fully saturated rings. The van der Waals surface area contributed by atoms with E-state index in [1.165, 1.54) is 11.3 Å². The van der Waals surface area contributed by atoms with Crippen LogP contribution in [0.5, 0.6) is 0 Å². The number of ketones is 1. The van der Waals surface area contributed by atoms with Gasteiger partial charge in [-0.2, -0.15) is 0 Å². The summed E-state index contributed by atoms with van der Waals surface area (Å²) in [5.74, 6) is 0.0508. The van der Waals surface area contributed by atoms with E-state index in [1.54, 1.807) is 23.3 Å². The Bertz CT molecular complexity index is 648. The number of aryl methyl sites for hydroxylation is 1. The summed E-state index contributed by atoms with van der Waals surface area (Å²) < 4.78 is 1.06. The molecule has 0 aliphatic carbocycles. The Hall–Kier alpha value is -0.980. The van der Waals surface area contributed by atoms with Crippen LogP contribution in [0.25, 0.3) is 0 Å². The predicted molar refractivity (Wildman–Crippen MR) is 91.1 cm³/mol. The molecule has 21 heavy (non-hydrogen) atoms. The summed E-state index contributed by atoms with van der Waals surface area (Å²) in [7, 11) is 1.77. The van der Waals surface area contributed by atoms with Gasteiger partial charge in [0.1, 0.15) is 0 Å². The van der Waals surface area contributed by atoms with Gasteiger partial charge in [-0.3, -0.25) is 9.59 Å². The van der Waals surface area contributed by atoms with Crippen molar-refractivity contribution in [2.24, 2.45) is 0 Å². The number of amides is 1. The average molecular weight is 386 g/mol. The van der Waals surface area contributed by atoms with E-state index in [9.17, 15) is 9.59 Å². The Morgan fingerprint density at radius 1 is 1.14 bits per heavy atom. The minimum Gasteiger partial charge on any atom is -0.341 e. The minimum atomic E-state index is 0.00107. The molecular weight excluding hydrogens is 370 g/mol. The molecule has 0 aliphatic rings. The number of thiophene rings is 2. The summed E-state index contributed by atoms with van der Waals surface area (Å²) >= 11 is 6.51. The number of hydrogen-bond donors (Lipinski definition) is 0. The van der Waals surface area contributed by atoms with Crippen molar-refractivity contribution >= 4 is 50.3 Å². The van der Waals surface area contributed by atoms with E-state index in [-0.39, 0.29) is 24.5 Å². The molecule has 2 rings (SSSR count). The molecule has 0 N–H and O–H groups in total. The molecule has 2 heterocycles. The Kier molecular flexibility index (Phi) is 5.72. The molecule has 0 bridgehead atoms. The van der Waals surface area contributed by atoms with Gasteiger partial charge >= 0.3 is 0 Å². The van der Waals surface area contributed by atoms with Gasteiger partial charge in [0.15, 0.2) is 5.78 Å². The van der Waals surface area contributed by atoms with Gasteiger partial charge in [0, 0.05) is 29.6 Å². The molecule has 112 valence electrons. The summed E-state index contributed by atoms with van der Waals surface area (Å²) in [5.41, 5.74) is 0. The lowest BCUT2D eigenvalue weighted by molar-refractivity contribution is -0.130. The number of carbonyl (C=O) groups excluding carboxylic acids is 2. The summed E-state index contributed by atoms with van der Waals surface area (Å²) in [4.78, 5) is 28.7. The van der Waals surface area contributed by atoms with Gasteiger partial charge in [-0.15, -0.1) is 22.7 Å². The van der Waals surface area contributed by atoms with E-state index < -0.39 is 0 Å². The fourth-order valence-electron chi connectivity index (χ4n) is 1.88. The second-order valence-electron chi connectivity index (χ2n) is 4.79. The zero-order chi connectivity index (χ0) is 15.4. The molecule has 3 nitrogen and oxygen atoms in total. The van der Waals surface area contributed by atoms with Crippen LogP contribution in [0.15, 0.2) is 28.1 Å². The Morgan fingerprint density at radius 2 is 1.90 bits per heavy atom. The first kappa shape index (κ1) is 16.4. The summed E-state index contributed by atoms with van der Waals surface area (Å²) in [6, 6.07) is 7.74. The Morgan fingerprint density at radius 3 is 2.48 bits per heavy atom. The first-order valence-electron chi connectivity index (χ1n) is 6.53. The van der Waals surface area contributed by atoms with Crippen LogP contribution < -0.4 is 0 Å². The molecular formula is C15H16BrNO2S2. The van der Waals surface area contributed by atoms with E-state index in [0.29, 0.717) is 6.54 Å². The molecule has 0 saturated carbocycles. The van der Waals surface area contributed by atoms with E-state index in [1.807, 2.05) is 31.2 Å². The maximum Gasteiger partial charge on any atom is 0.223 e. The molecule has 0 saturated heterocycles. The molecule has 0 aromatic carbocycles. The molecule has 6 heteroatoms. The molecule has 0 unspecified atom stereocenters. The lowest BCUT2D eigenvalue weighted by Crippen LogP contribution is -2.26. The van der Waals surface area contributed by atoms with Crippen LogP contribution in [0.4, 0.5) is 0 Å². The summed E-state index contributed by atoms with van der Waals surface area (Å²) in [6.07, 6.45) is 0.538. The third-order valence-electron chi connectivity index (χ3n) is 3.03. The molecule has 0 radical (unpaired) electrons. The maximum absolute atomic E-state index is 12.1. The van der Waals surface area contributed by atoms with Crippen molar-refractivity contribution < 1.29 is 9.59 Å². The van der Waals surface area contributed by atoms with Crippen molar-refractivity contribution in [1.82, 2.24) is 4.90 Å². The average Bonchev–Trinajstić information content (AvgIpc) is 3.04. The largest absolute Gasteiger partial charge is 0.341 e. The summed E-state index contributed by atoms with van der Waals surface area (Å²) in [5, 5.41) is 0. The van der Waals surface area contributed by atoms with Crippen LogP contribution in [0.1, 0.15) is 32.3 Å². The minimum absolute atomic E-state index is 0.00107. The van der Waals surface area contributed by atoms with Crippen LogP contribution in [0.2, 0.25) is 0 Å². The quantitative estimate of drug-likeness (QED) is 0.686. The van der Waals surface area contributed by atoms with Gasteiger partial charge in [-0.25, -0.2) is 0 Å². The highest BCUT2D eigenvalue weighted by atomic mass is 79.9. The van der Waals surface area contributed by atoms with Gasteiger partial charge in [-0.1, -0.05) is 0 Å². The number of rotatable bonds is 6. The number of nitrogens with zero attached hydrogens (tertiary/aromatic N) is 1. The molecule has 0 spiro atoms. The van der Waals surface area contributed by atoms with E-state index in [0.717, 1.165) is 18.4 Å². The first-order valence-corrected chi connectivity index (χ1v) is 8.96. The van der Waals surface area contributed by atoms with Crippen LogP contribution in [0, 0.1) is 6.92 Å². The summed E-state index contributed by atoms with van der Waals surface area (Å²) in [6.45, 7) is 2.56. The fraction of sp³-hybridized carbons (Fsp3) is 0.333. The van der Waals surface area contributed by atoms with Crippen LogP contribution >= 0.6 is 38.6 Å². The number of hydrogen-bond acceptors (Lipinski definition) is 4. The number of carbonyl (C=O) groups is 2.